The maximum Gasteiger partial charge on any atom is 0.254 e. The van der Waals surface area contributed by atoms with Crippen LogP contribution in [0.2, 0.25) is 10.0 Å². The van der Waals surface area contributed by atoms with E-state index in [0.717, 1.165) is 13.1 Å². The van der Waals surface area contributed by atoms with Gasteiger partial charge >= 0.3 is 0 Å². The van der Waals surface area contributed by atoms with Crippen LogP contribution in [0.5, 0.6) is 5.75 Å². The summed E-state index contributed by atoms with van der Waals surface area (Å²) in [6, 6.07) is 3.35. The number of carbonyl (C=O) groups is 1. The SMILES string of the molecule is CCOc1c(Cl)cc(/C=N/NC(=O)CN2CCOCC2)cc1Cl. The molecule has 2 rings (SSSR count). The average molecular weight is 360 g/mol. The van der Waals surface area contributed by atoms with Gasteiger partial charge in [0.1, 0.15) is 0 Å². The summed E-state index contributed by atoms with van der Waals surface area (Å²) < 4.78 is 10.6. The van der Waals surface area contributed by atoms with Gasteiger partial charge in [-0.25, -0.2) is 5.43 Å². The highest BCUT2D eigenvalue weighted by Crippen LogP contribution is 2.33. The maximum atomic E-state index is 11.8. The molecule has 1 aliphatic rings. The number of hydrogen-bond donors (Lipinski definition) is 1. The van der Waals surface area contributed by atoms with Crippen LogP contribution in [0.15, 0.2) is 17.2 Å². The molecule has 6 nitrogen and oxygen atoms in total. The number of hydrazone groups is 1. The van der Waals surface area contributed by atoms with E-state index in [4.69, 9.17) is 32.7 Å². The van der Waals surface area contributed by atoms with E-state index in [2.05, 4.69) is 10.5 Å². The standard InChI is InChI=1S/C15H19Cl2N3O3/c1-2-23-15-12(16)7-11(8-13(15)17)9-18-19-14(21)10-20-3-5-22-6-4-20/h7-9H,2-6,10H2,1H3,(H,19,21)/b18-9+. The second kappa shape index (κ2) is 9.08. The fourth-order valence-corrected chi connectivity index (χ4v) is 2.73. The Bertz CT molecular complexity index is 552. The van der Waals surface area contributed by atoms with Crippen molar-refractivity contribution in [3.63, 3.8) is 0 Å². The van der Waals surface area contributed by atoms with Gasteiger partial charge in [-0.05, 0) is 24.6 Å². The first-order chi connectivity index (χ1) is 11.1. The molecule has 0 bridgehead atoms. The fourth-order valence-electron chi connectivity index (χ4n) is 2.11. The number of morpholine rings is 1. The molecular formula is C15H19Cl2N3O3. The minimum atomic E-state index is -0.175. The van der Waals surface area contributed by atoms with Crippen LogP contribution in [-0.4, -0.2) is 56.5 Å². The van der Waals surface area contributed by atoms with E-state index >= 15 is 0 Å². The van der Waals surface area contributed by atoms with Crippen molar-refractivity contribution in [2.75, 3.05) is 39.5 Å². The third kappa shape index (κ3) is 5.66. The second-order valence-corrected chi connectivity index (χ2v) is 5.74. The number of ether oxygens (including phenoxy) is 2. The van der Waals surface area contributed by atoms with Crippen molar-refractivity contribution in [1.29, 1.82) is 0 Å². The number of benzene rings is 1. The quantitative estimate of drug-likeness (QED) is 0.624. The van der Waals surface area contributed by atoms with Crippen molar-refractivity contribution in [3.8, 4) is 5.75 Å². The van der Waals surface area contributed by atoms with Gasteiger partial charge in [-0.1, -0.05) is 23.2 Å². The molecule has 1 heterocycles. The molecule has 1 N–H and O–H groups in total. The summed E-state index contributed by atoms with van der Waals surface area (Å²) in [5.74, 6) is 0.274. The molecule has 126 valence electrons. The highest BCUT2D eigenvalue weighted by Gasteiger charge is 2.13. The van der Waals surface area contributed by atoms with Crippen LogP contribution in [0.1, 0.15) is 12.5 Å². The number of amides is 1. The van der Waals surface area contributed by atoms with Crippen molar-refractivity contribution < 1.29 is 14.3 Å². The van der Waals surface area contributed by atoms with Gasteiger partial charge in [-0.15, -0.1) is 0 Å². The summed E-state index contributed by atoms with van der Waals surface area (Å²) in [6.07, 6.45) is 1.49. The van der Waals surface area contributed by atoms with Crippen LogP contribution in [0.3, 0.4) is 0 Å². The number of halogens is 2. The van der Waals surface area contributed by atoms with E-state index in [1.165, 1.54) is 6.21 Å². The van der Waals surface area contributed by atoms with E-state index in [0.29, 0.717) is 47.7 Å². The third-order valence-corrected chi connectivity index (χ3v) is 3.74. The Kier molecular flexibility index (Phi) is 7.11. The van der Waals surface area contributed by atoms with Crippen LogP contribution in [0, 0.1) is 0 Å². The summed E-state index contributed by atoms with van der Waals surface area (Å²) in [5, 5.41) is 4.73. The fraction of sp³-hybridized carbons (Fsp3) is 0.467. The number of hydrogen-bond acceptors (Lipinski definition) is 5. The molecule has 0 aliphatic carbocycles. The summed E-state index contributed by atoms with van der Waals surface area (Å²) in [4.78, 5) is 13.8. The highest BCUT2D eigenvalue weighted by molar-refractivity contribution is 6.37. The van der Waals surface area contributed by atoms with Gasteiger partial charge in [0.15, 0.2) is 5.75 Å². The summed E-state index contributed by atoms with van der Waals surface area (Å²) >= 11 is 12.2. The molecule has 0 atom stereocenters. The average Bonchev–Trinajstić information content (AvgIpc) is 2.52. The Labute approximate surface area is 145 Å². The Morgan fingerprint density at radius 3 is 2.65 bits per heavy atom. The van der Waals surface area contributed by atoms with Gasteiger partial charge in [-0.2, -0.15) is 5.10 Å². The number of rotatable bonds is 6. The third-order valence-electron chi connectivity index (χ3n) is 3.18. The highest BCUT2D eigenvalue weighted by atomic mass is 35.5. The van der Waals surface area contributed by atoms with Gasteiger partial charge in [0.2, 0.25) is 0 Å². The normalized spacial score (nSPS) is 15.8. The Hall–Kier alpha value is -1.34. The van der Waals surface area contributed by atoms with Crippen LogP contribution in [-0.2, 0) is 9.53 Å². The van der Waals surface area contributed by atoms with Crippen molar-refractivity contribution >= 4 is 35.3 Å². The molecule has 23 heavy (non-hydrogen) atoms. The Balaban J connectivity index is 1.88. The lowest BCUT2D eigenvalue weighted by Crippen LogP contribution is -2.42. The Morgan fingerprint density at radius 1 is 1.39 bits per heavy atom. The number of carbonyl (C=O) groups excluding carboxylic acids is 1. The molecule has 1 fully saturated rings. The van der Waals surface area contributed by atoms with Gasteiger partial charge in [-0.3, -0.25) is 9.69 Å². The maximum absolute atomic E-state index is 11.8. The predicted molar refractivity (Wildman–Crippen MR) is 90.6 cm³/mol. The lowest BCUT2D eigenvalue weighted by atomic mass is 10.2. The zero-order chi connectivity index (χ0) is 16.7. The van der Waals surface area contributed by atoms with Gasteiger partial charge < -0.3 is 9.47 Å². The van der Waals surface area contributed by atoms with Crippen LogP contribution in [0.4, 0.5) is 0 Å². The molecule has 0 unspecified atom stereocenters. The molecule has 0 aromatic heterocycles. The molecule has 8 heteroatoms. The van der Waals surface area contributed by atoms with E-state index in [1.54, 1.807) is 12.1 Å². The molecule has 0 radical (unpaired) electrons. The predicted octanol–water partition coefficient (Wildman–Crippen LogP) is 2.17. The van der Waals surface area contributed by atoms with Crippen molar-refractivity contribution in [1.82, 2.24) is 10.3 Å². The first-order valence-electron chi connectivity index (χ1n) is 7.34. The molecule has 1 aromatic rings. The number of nitrogens with one attached hydrogen (secondary N) is 1. The molecule has 1 aromatic carbocycles. The topological polar surface area (TPSA) is 63.2 Å². The van der Waals surface area contributed by atoms with E-state index in [1.807, 2.05) is 11.8 Å². The van der Waals surface area contributed by atoms with Crippen LogP contribution < -0.4 is 10.2 Å². The lowest BCUT2D eigenvalue weighted by molar-refractivity contribution is -0.123. The van der Waals surface area contributed by atoms with E-state index in [-0.39, 0.29) is 5.91 Å². The minimum absolute atomic E-state index is 0.175. The molecule has 0 spiro atoms. The minimum Gasteiger partial charge on any atom is -0.491 e. The van der Waals surface area contributed by atoms with Crippen molar-refractivity contribution in [3.05, 3.63) is 27.7 Å². The molecular weight excluding hydrogens is 341 g/mol. The smallest absolute Gasteiger partial charge is 0.254 e. The summed E-state index contributed by atoms with van der Waals surface area (Å²) in [7, 11) is 0. The largest absolute Gasteiger partial charge is 0.491 e. The van der Waals surface area contributed by atoms with E-state index in [9.17, 15) is 4.79 Å². The first kappa shape index (κ1) is 18.0. The lowest BCUT2D eigenvalue weighted by Gasteiger charge is -2.25. The van der Waals surface area contributed by atoms with Crippen molar-refractivity contribution in [2.24, 2.45) is 5.10 Å². The van der Waals surface area contributed by atoms with E-state index < -0.39 is 0 Å². The summed E-state index contributed by atoms with van der Waals surface area (Å²) in [5.41, 5.74) is 3.16. The van der Waals surface area contributed by atoms with Gasteiger partial charge in [0.25, 0.3) is 5.91 Å². The molecule has 1 aliphatic heterocycles. The van der Waals surface area contributed by atoms with Crippen LogP contribution >= 0.6 is 23.2 Å². The molecule has 0 saturated carbocycles. The molecule has 1 amide bonds. The second-order valence-electron chi connectivity index (χ2n) is 4.93. The summed E-state index contributed by atoms with van der Waals surface area (Å²) in [6.45, 7) is 5.43. The first-order valence-corrected chi connectivity index (χ1v) is 8.09. The van der Waals surface area contributed by atoms with Crippen LogP contribution in [0.25, 0.3) is 0 Å². The number of nitrogens with zero attached hydrogens (tertiary/aromatic N) is 2. The monoisotopic (exact) mass is 359 g/mol. The Morgan fingerprint density at radius 2 is 2.04 bits per heavy atom. The molecule has 1 saturated heterocycles. The van der Waals surface area contributed by atoms with Gasteiger partial charge in [0, 0.05) is 13.1 Å². The zero-order valence-electron chi connectivity index (χ0n) is 12.8. The van der Waals surface area contributed by atoms with Crippen molar-refractivity contribution in [2.45, 2.75) is 6.92 Å². The zero-order valence-corrected chi connectivity index (χ0v) is 14.4. The van der Waals surface area contributed by atoms with Gasteiger partial charge in [0.05, 0.1) is 42.6 Å².